The van der Waals surface area contributed by atoms with Gasteiger partial charge in [0, 0.05) is 11.8 Å². The van der Waals surface area contributed by atoms with Gasteiger partial charge in [0.15, 0.2) is 0 Å². The molecule has 120 valence electrons. The average Bonchev–Trinajstić information content (AvgIpc) is 2.62. The Bertz CT molecular complexity index is 788. The van der Waals surface area contributed by atoms with Crippen LogP contribution in [-0.2, 0) is 6.61 Å². The van der Waals surface area contributed by atoms with Crippen molar-refractivity contribution in [2.24, 2.45) is 0 Å². The Morgan fingerprint density at radius 2 is 1.46 bits per heavy atom. The molecule has 0 saturated carbocycles. The number of rotatable bonds is 5. The van der Waals surface area contributed by atoms with Crippen LogP contribution < -0.4 is 14.8 Å². The molecule has 24 heavy (non-hydrogen) atoms. The van der Waals surface area contributed by atoms with Crippen LogP contribution in [0.25, 0.3) is 0 Å². The van der Waals surface area contributed by atoms with E-state index >= 15 is 0 Å². The third kappa shape index (κ3) is 4.61. The van der Waals surface area contributed by atoms with Crippen LogP contribution >= 0.6 is 0 Å². The summed E-state index contributed by atoms with van der Waals surface area (Å²) in [4.78, 5) is 11.9. The van der Waals surface area contributed by atoms with Crippen molar-refractivity contribution in [3.8, 4) is 11.5 Å². The fraction of sp³-hybridized carbons (Fsp3) is 0.0500. The second-order valence-electron chi connectivity index (χ2n) is 5.13. The molecule has 0 atom stereocenters. The highest BCUT2D eigenvalue weighted by molar-refractivity contribution is 5.86. The molecule has 4 nitrogen and oxygen atoms in total. The van der Waals surface area contributed by atoms with Crippen LogP contribution in [0.5, 0.6) is 11.5 Å². The Hall–Kier alpha value is -3.27. The van der Waals surface area contributed by atoms with Crippen molar-refractivity contribution in [2.45, 2.75) is 6.61 Å². The minimum Gasteiger partial charge on any atom is -0.489 e. The maximum absolute atomic E-state index is 11.9. The summed E-state index contributed by atoms with van der Waals surface area (Å²) in [5.41, 5.74) is 1.70. The van der Waals surface area contributed by atoms with Crippen LogP contribution in [0, 0.1) is 0 Å². The predicted octanol–water partition coefficient (Wildman–Crippen LogP) is 4.88. The molecule has 3 aromatic carbocycles. The molecular formula is C20H17NO3. The molecule has 0 unspecified atom stereocenters. The monoisotopic (exact) mass is 319 g/mol. The number of benzene rings is 3. The van der Waals surface area contributed by atoms with Crippen LogP contribution in [0.15, 0.2) is 84.9 Å². The fourth-order valence-corrected chi connectivity index (χ4v) is 2.14. The predicted molar refractivity (Wildman–Crippen MR) is 93.3 cm³/mol. The molecule has 3 rings (SSSR count). The standard InChI is InChI=1S/C20H17NO3/c22-20(24-18-11-5-2-6-12-18)21-17-10-7-13-19(14-17)23-15-16-8-3-1-4-9-16/h1-14H,15H2,(H,21,22). The number of nitrogens with one attached hydrogen (secondary N) is 1. The number of hydrogen-bond acceptors (Lipinski definition) is 3. The summed E-state index contributed by atoms with van der Waals surface area (Å²) in [6.07, 6.45) is -0.540. The van der Waals surface area contributed by atoms with E-state index in [2.05, 4.69) is 5.32 Å². The quantitative estimate of drug-likeness (QED) is 0.729. The summed E-state index contributed by atoms with van der Waals surface area (Å²) < 4.78 is 10.9. The lowest BCUT2D eigenvalue weighted by atomic mass is 10.2. The lowest BCUT2D eigenvalue weighted by Gasteiger charge is -2.09. The highest BCUT2D eigenvalue weighted by Crippen LogP contribution is 2.19. The summed E-state index contributed by atoms with van der Waals surface area (Å²) >= 11 is 0. The Labute approximate surface area is 140 Å². The van der Waals surface area contributed by atoms with Gasteiger partial charge in [0.25, 0.3) is 0 Å². The number of anilines is 1. The Kier molecular flexibility index (Phi) is 5.10. The molecule has 0 fully saturated rings. The number of hydrogen-bond donors (Lipinski definition) is 1. The first kappa shape index (κ1) is 15.6. The van der Waals surface area contributed by atoms with Crippen molar-refractivity contribution in [2.75, 3.05) is 5.32 Å². The Morgan fingerprint density at radius 3 is 2.21 bits per heavy atom. The number of ether oxygens (including phenoxy) is 2. The van der Waals surface area contributed by atoms with Gasteiger partial charge in [-0.1, -0.05) is 54.6 Å². The molecule has 0 spiro atoms. The van der Waals surface area contributed by atoms with Crippen molar-refractivity contribution in [1.82, 2.24) is 0 Å². The molecule has 0 radical (unpaired) electrons. The van der Waals surface area contributed by atoms with E-state index in [0.717, 1.165) is 5.56 Å². The fourth-order valence-electron chi connectivity index (χ4n) is 2.14. The van der Waals surface area contributed by atoms with Crippen LogP contribution in [-0.4, -0.2) is 6.09 Å². The molecule has 0 bridgehead atoms. The molecule has 0 aliphatic carbocycles. The zero-order chi connectivity index (χ0) is 16.6. The van der Waals surface area contributed by atoms with Gasteiger partial charge in [-0.05, 0) is 29.8 Å². The largest absolute Gasteiger partial charge is 0.489 e. The summed E-state index contributed by atoms with van der Waals surface area (Å²) in [7, 11) is 0. The van der Waals surface area contributed by atoms with Crippen LogP contribution in [0.1, 0.15) is 5.56 Å². The average molecular weight is 319 g/mol. The van der Waals surface area contributed by atoms with E-state index in [1.165, 1.54) is 0 Å². The summed E-state index contributed by atoms with van der Waals surface area (Å²) in [6, 6.07) is 26.0. The lowest BCUT2D eigenvalue weighted by Crippen LogP contribution is -2.16. The maximum Gasteiger partial charge on any atom is 0.417 e. The zero-order valence-corrected chi connectivity index (χ0v) is 13.0. The first-order valence-corrected chi connectivity index (χ1v) is 7.60. The van der Waals surface area contributed by atoms with Crippen LogP contribution in [0.3, 0.4) is 0 Å². The van der Waals surface area contributed by atoms with Gasteiger partial charge >= 0.3 is 6.09 Å². The third-order valence-electron chi connectivity index (χ3n) is 3.28. The third-order valence-corrected chi connectivity index (χ3v) is 3.28. The van der Waals surface area contributed by atoms with Crippen molar-refractivity contribution >= 4 is 11.8 Å². The van der Waals surface area contributed by atoms with Crippen LogP contribution in [0.2, 0.25) is 0 Å². The van der Waals surface area contributed by atoms with Gasteiger partial charge in [-0.2, -0.15) is 0 Å². The molecule has 1 amide bonds. The highest BCUT2D eigenvalue weighted by Gasteiger charge is 2.05. The molecule has 0 aliphatic heterocycles. The molecule has 0 aromatic heterocycles. The number of para-hydroxylation sites is 1. The highest BCUT2D eigenvalue weighted by atomic mass is 16.6. The number of amides is 1. The molecular weight excluding hydrogens is 302 g/mol. The van der Waals surface area contributed by atoms with Crippen molar-refractivity contribution in [1.29, 1.82) is 0 Å². The van der Waals surface area contributed by atoms with Gasteiger partial charge in [0.1, 0.15) is 18.1 Å². The van der Waals surface area contributed by atoms with E-state index in [1.807, 2.05) is 48.5 Å². The van der Waals surface area contributed by atoms with E-state index in [9.17, 15) is 4.79 Å². The number of carbonyl (C=O) groups is 1. The smallest absolute Gasteiger partial charge is 0.417 e. The zero-order valence-electron chi connectivity index (χ0n) is 13.0. The Morgan fingerprint density at radius 1 is 0.792 bits per heavy atom. The van der Waals surface area contributed by atoms with Gasteiger partial charge in [-0.25, -0.2) is 4.79 Å². The minimum atomic E-state index is -0.540. The van der Waals surface area contributed by atoms with Crippen molar-refractivity contribution in [3.05, 3.63) is 90.5 Å². The van der Waals surface area contributed by atoms with E-state index in [4.69, 9.17) is 9.47 Å². The summed E-state index contributed by atoms with van der Waals surface area (Å²) in [6.45, 7) is 0.471. The molecule has 3 aromatic rings. The van der Waals surface area contributed by atoms with E-state index < -0.39 is 6.09 Å². The minimum absolute atomic E-state index is 0.471. The molecule has 1 N–H and O–H groups in total. The SMILES string of the molecule is O=C(Nc1cccc(OCc2ccccc2)c1)Oc1ccccc1. The maximum atomic E-state index is 11.9. The second kappa shape index (κ2) is 7.83. The summed E-state index contributed by atoms with van der Waals surface area (Å²) in [5.74, 6) is 1.17. The first-order valence-electron chi connectivity index (χ1n) is 7.60. The Balaban J connectivity index is 1.57. The van der Waals surface area contributed by atoms with Crippen LogP contribution in [0.4, 0.5) is 10.5 Å². The molecule has 0 saturated heterocycles. The van der Waals surface area contributed by atoms with Gasteiger partial charge < -0.3 is 9.47 Å². The topological polar surface area (TPSA) is 47.6 Å². The molecule has 4 heteroatoms. The van der Waals surface area contributed by atoms with Gasteiger partial charge in [-0.15, -0.1) is 0 Å². The van der Waals surface area contributed by atoms with E-state index in [1.54, 1.807) is 36.4 Å². The van der Waals surface area contributed by atoms with Crippen molar-refractivity contribution < 1.29 is 14.3 Å². The van der Waals surface area contributed by atoms with Gasteiger partial charge in [-0.3, -0.25) is 5.32 Å². The van der Waals surface area contributed by atoms with Gasteiger partial charge in [0.05, 0.1) is 0 Å². The molecule has 0 heterocycles. The van der Waals surface area contributed by atoms with E-state index in [-0.39, 0.29) is 0 Å². The summed E-state index contributed by atoms with van der Waals surface area (Å²) in [5, 5.41) is 2.69. The van der Waals surface area contributed by atoms with Crippen molar-refractivity contribution in [3.63, 3.8) is 0 Å². The normalized spacial score (nSPS) is 10.0. The first-order chi connectivity index (χ1) is 11.8. The second-order valence-corrected chi connectivity index (χ2v) is 5.13. The lowest BCUT2D eigenvalue weighted by molar-refractivity contribution is 0.215. The van der Waals surface area contributed by atoms with Gasteiger partial charge in [0.2, 0.25) is 0 Å². The van der Waals surface area contributed by atoms with E-state index in [0.29, 0.717) is 23.8 Å². The number of carbonyl (C=O) groups excluding carboxylic acids is 1. The molecule has 0 aliphatic rings.